The molecule has 1 aromatic rings. The Morgan fingerprint density at radius 2 is 2.33 bits per heavy atom. The number of rotatable bonds is 6. The summed E-state index contributed by atoms with van der Waals surface area (Å²) in [5, 5.41) is 5.81. The first-order valence-corrected chi connectivity index (χ1v) is 6.13. The molecule has 86 valence electrons. The van der Waals surface area contributed by atoms with Crippen molar-refractivity contribution < 1.29 is 12.9 Å². The van der Waals surface area contributed by atoms with Crippen LogP contribution in [-0.4, -0.2) is 32.4 Å². The van der Waals surface area contributed by atoms with Crippen molar-refractivity contribution in [2.45, 2.75) is 18.7 Å². The van der Waals surface area contributed by atoms with Crippen molar-refractivity contribution in [1.29, 1.82) is 0 Å². The molecule has 0 aliphatic heterocycles. The lowest BCUT2D eigenvalue weighted by molar-refractivity contribution is 0.380. The van der Waals surface area contributed by atoms with Gasteiger partial charge < -0.3 is 9.84 Å². The van der Waals surface area contributed by atoms with E-state index in [0.29, 0.717) is 12.3 Å². The van der Waals surface area contributed by atoms with Gasteiger partial charge in [0.15, 0.2) is 5.76 Å². The molecule has 0 bridgehead atoms. The van der Waals surface area contributed by atoms with Gasteiger partial charge >= 0.3 is 0 Å². The van der Waals surface area contributed by atoms with E-state index < -0.39 is 15.3 Å². The van der Waals surface area contributed by atoms with Crippen molar-refractivity contribution >= 4 is 10.0 Å². The van der Waals surface area contributed by atoms with Crippen molar-refractivity contribution in [3.63, 3.8) is 0 Å². The predicted octanol–water partition coefficient (Wildman–Crippen LogP) is -0.298. The zero-order valence-electron chi connectivity index (χ0n) is 8.73. The fraction of sp³-hybridized carbons (Fsp3) is 0.625. The second-order valence-corrected chi connectivity index (χ2v) is 5.40. The van der Waals surface area contributed by atoms with E-state index >= 15 is 0 Å². The molecular formula is C8H15N3O3S. The lowest BCUT2D eigenvalue weighted by Crippen LogP contribution is -2.37. The third kappa shape index (κ3) is 3.61. The van der Waals surface area contributed by atoms with E-state index in [2.05, 4.69) is 15.2 Å². The van der Waals surface area contributed by atoms with Gasteiger partial charge in [-0.15, -0.1) is 0 Å². The van der Waals surface area contributed by atoms with E-state index in [9.17, 15) is 8.42 Å². The van der Waals surface area contributed by atoms with Crippen LogP contribution in [0.5, 0.6) is 0 Å². The maximum absolute atomic E-state index is 11.6. The summed E-state index contributed by atoms with van der Waals surface area (Å²) in [5.41, 5.74) is 0. The number of nitrogens with zero attached hydrogens (tertiary/aromatic N) is 1. The fourth-order valence-corrected chi connectivity index (χ4v) is 2.06. The highest BCUT2D eigenvalue weighted by molar-refractivity contribution is 7.90. The molecule has 0 aromatic carbocycles. The summed E-state index contributed by atoms with van der Waals surface area (Å²) in [5.74, 6) is 0.496. The molecule has 6 nitrogen and oxygen atoms in total. The Bertz CT molecular complexity index is 374. The van der Waals surface area contributed by atoms with Gasteiger partial charge in [0, 0.05) is 12.6 Å². The van der Waals surface area contributed by atoms with Crippen LogP contribution in [0.2, 0.25) is 0 Å². The number of hydrogen-bond acceptors (Lipinski definition) is 5. The van der Waals surface area contributed by atoms with Crippen LogP contribution in [0, 0.1) is 0 Å². The van der Waals surface area contributed by atoms with E-state index in [1.54, 1.807) is 20.0 Å². The summed E-state index contributed by atoms with van der Waals surface area (Å²) in [6, 6.07) is 1.62. The minimum atomic E-state index is -3.30. The molecule has 15 heavy (non-hydrogen) atoms. The number of sulfonamides is 1. The number of nitrogens with one attached hydrogen (secondary N) is 2. The Morgan fingerprint density at radius 1 is 1.60 bits per heavy atom. The second-order valence-electron chi connectivity index (χ2n) is 3.21. The Hall–Kier alpha value is -0.920. The summed E-state index contributed by atoms with van der Waals surface area (Å²) >= 11 is 0. The highest BCUT2D eigenvalue weighted by atomic mass is 32.2. The molecule has 0 saturated carbocycles. The van der Waals surface area contributed by atoms with E-state index in [0.717, 1.165) is 0 Å². The quantitative estimate of drug-likeness (QED) is 0.705. The van der Waals surface area contributed by atoms with Crippen LogP contribution in [0.3, 0.4) is 0 Å². The molecule has 0 spiro atoms. The Kier molecular flexibility index (Phi) is 4.25. The average Bonchev–Trinajstić information content (AvgIpc) is 2.68. The highest BCUT2D eigenvalue weighted by Crippen LogP contribution is 2.01. The van der Waals surface area contributed by atoms with Crippen LogP contribution in [-0.2, 0) is 16.6 Å². The number of aromatic nitrogens is 1. The largest absolute Gasteiger partial charge is 0.360 e. The molecule has 2 N–H and O–H groups in total. The summed E-state index contributed by atoms with van der Waals surface area (Å²) in [7, 11) is -1.59. The topological polar surface area (TPSA) is 84.2 Å². The van der Waals surface area contributed by atoms with Crippen molar-refractivity contribution in [2.75, 3.05) is 13.6 Å². The highest BCUT2D eigenvalue weighted by Gasteiger charge is 2.19. The molecule has 0 aliphatic carbocycles. The first-order chi connectivity index (χ1) is 7.06. The third-order valence-electron chi connectivity index (χ3n) is 1.96. The average molecular weight is 233 g/mol. The van der Waals surface area contributed by atoms with E-state index in [-0.39, 0.29) is 6.54 Å². The monoisotopic (exact) mass is 233 g/mol. The predicted molar refractivity (Wildman–Crippen MR) is 55.7 cm³/mol. The molecule has 0 saturated heterocycles. The summed E-state index contributed by atoms with van der Waals surface area (Å²) in [4.78, 5) is 0. The van der Waals surface area contributed by atoms with Crippen LogP contribution >= 0.6 is 0 Å². The molecule has 0 radical (unpaired) electrons. The summed E-state index contributed by atoms with van der Waals surface area (Å²) < 4.78 is 30.4. The van der Waals surface area contributed by atoms with E-state index in [4.69, 9.17) is 4.52 Å². The maximum Gasteiger partial charge on any atom is 0.215 e. The van der Waals surface area contributed by atoms with E-state index in [1.807, 2.05) is 0 Å². The molecular weight excluding hydrogens is 218 g/mol. The Morgan fingerprint density at radius 3 is 2.87 bits per heavy atom. The van der Waals surface area contributed by atoms with Crippen LogP contribution in [0.4, 0.5) is 0 Å². The first kappa shape index (κ1) is 12.2. The van der Waals surface area contributed by atoms with Crippen LogP contribution in [0.15, 0.2) is 16.8 Å². The van der Waals surface area contributed by atoms with Crippen molar-refractivity contribution in [3.8, 4) is 0 Å². The van der Waals surface area contributed by atoms with Crippen LogP contribution in [0.25, 0.3) is 0 Å². The second kappa shape index (κ2) is 5.24. The Balaban J connectivity index is 2.50. The molecule has 1 atom stereocenters. The van der Waals surface area contributed by atoms with Gasteiger partial charge in [0.25, 0.3) is 0 Å². The smallest absolute Gasteiger partial charge is 0.215 e. The summed E-state index contributed by atoms with van der Waals surface area (Å²) in [6.45, 7) is 2.18. The van der Waals surface area contributed by atoms with Crippen LogP contribution in [0.1, 0.15) is 12.7 Å². The van der Waals surface area contributed by atoms with Gasteiger partial charge in [-0.1, -0.05) is 5.16 Å². The van der Waals surface area contributed by atoms with Crippen molar-refractivity contribution in [3.05, 3.63) is 18.0 Å². The zero-order valence-corrected chi connectivity index (χ0v) is 9.54. The minimum Gasteiger partial charge on any atom is -0.360 e. The van der Waals surface area contributed by atoms with Crippen LogP contribution < -0.4 is 10.0 Å². The van der Waals surface area contributed by atoms with Gasteiger partial charge in [0.2, 0.25) is 10.0 Å². The fourth-order valence-electron chi connectivity index (χ4n) is 1.04. The molecule has 0 aliphatic rings. The van der Waals surface area contributed by atoms with Gasteiger partial charge in [-0.25, -0.2) is 13.1 Å². The van der Waals surface area contributed by atoms with Gasteiger partial charge in [0.05, 0.1) is 18.0 Å². The lowest BCUT2D eigenvalue weighted by atomic mass is 10.5. The molecule has 1 aromatic heterocycles. The lowest BCUT2D eigenvalue weighted by Gasteiger charge is -2.12. The number of hydrogen-bond donors (Lipinski definition) is 2. The Labute approximate surface area is 89.1 Å². The van der Waals surface area contributed by atoms with E-state index in [1.165, 1.54) is 6.20 Å². The van der Waals surface area contributed by atoms with Gasteiger partial charge in [-0.05, 0) is 14.0 Å². The minimum absolute atomic E-state index is 0.135. The van der Waals surface area contributed by atoms with Crippen molar-refractivity contribution in [1.82, 2.24) is 15.2 Å². The first-order valence-electron chi connectivity index (χ1n) is 4.59. The molecule has 0 amide bonds. The van der Waals surface area contributed by atoms with Gasteiger partial charge in [-0.2, -0.15) is 0 Å². The zero-order chi connectivity index (χ0) is 11.3. The van der Waals surface area contributed by atoms with Crippen molar-refractivity contribution in [2.24, 2.45) is 0 Å². The normalized spacial score (nSPS) is 14.0. The van der Waals surface area contributed by atoms with Gasteiger partial charge in [-0.3, -0.25) is 0 Å². The third-order valence-corrected chi connectivity index (χ3v) is 3.73. The molecule has 1 rings (SSSR count). The molecule has 7 heteroatoms. The molecule has 1 heterocycles. The molecule has 1 unspecified atom stereocenters. The SMILES string of the molecule is CNCC(C)S(=O)(=O)NCc1ccno1. The van der Waals surface area contributed by atoms with Gasteiger partial charge in [0.1, 0.15) is 0 Å². The maximum atomic E-state index is 11.6. The standard InChI is InChI=1S/C8H15N3O3S/c1-7(5-9-2)15(12,13)11-6-8-3-4-10-14-8/h3-4,7,9,11H,5-6H2,1-2H3. The molecule has 0 fully saturated rings. The summed E-state index contributed by atoms with van der Waals surface area (Å²) in [6.07, 6.45) is 1.47.